The van der Waals surface area contributed by atoms with Crippen molar-refractivity contribution in [3.63, 3.8) is 0 Å². The standard InChI is InChI=1S/C25H22NO2/c1-18-9-8-14-24(19(18)2)28-25-16-15-20-10-6-7-13-22(20)26(25)17-23(27)21-11-4-3-5-12-21/h3-16H,17H2,1-2H3/q+1. The molecule has 0 unspecified atom stereocenters. The van der Waals surface area contributed by atoms with Crippen LogP contribution in [0.2, 0.25) is 0 Å². The van der Waals surface area contributed by atoms with Crippen LogP contribution >= 0.6 is 0 Å². The molecule has 4 rings (SSSR count). The molecule has 0 saturated carbocycles. The number of rotatable bonds is 5. The van der Waals surface area contributed by atoms with Gasteiger partial charge in [-0.1, -0.05) is 54.6 Å². The number of nitrogens with zero attached hydrogens (tertiary/aromatic N) is 1. The van der Waals surface area contributed by atoms with Crippen molar-refractivity contribution in [1.82, 2.24) is 0 Å². The second-order valence-corrected chi connectivity index (χ2v) is 6.91. The van der Waals surface area contributed by atoms with Crippen molar-refractivity contribution in [1.29, 1.82) is 0 Å². The van der Waals surface area contributed by atoms with E-state index in [1.54, 1.807) is 0 Å². The van der Waals surface area contributed by atoms with Crippen LogP contribution in [0.4, 0.5) is 0 Å². The lowest BCUT2D eigenvalue weighted by Gasteiger charge is -2.11. The van der Waals surface area contributed by atoms with Crippen molar-refractivity contribution in [2.75, 3.05) is 0 Å². The number of para-hydroxylation sites is 1. The number of ether oxygens (including phenoxy) is 1. The summed E-state index contributed by atoms with van der Waals surface area (Å²) in [6, 6.07) is 27.4. The molecule has 3 aromatic carbocycles. The highest BCUT2D eigenvalue weighted by molar-refractivity contribution is 5.95. The number of carbonyl (C=O) groups is 1. The predicted molar refractivity (Wildman–Crippen MR) is 111 cm³/mol. The van der Waals surface area contributed by atoms with Crippen molar-refractivity contribution >= 4 is 16.7 Å². The molecule has 0 saturated heterocycles. The number of aromatic nitrogens is 1. The zero-order valence-electron chi connectivity index (χ0n) is 16.1. The number of hydrogen-bond donors (Lipinski definition) is 0. The molecular formula is C25H22NO2+. The van der Waals surface area contributed by atoms with E-state index in [-0.39, 0.29) is 12.3 Å². The molecule has 1 aromatic heterocycles. The Kier molecular flexibility index (Phi) is 4.90. The van der Waals surface area contributed by atoms with Gasteiger partial charge in [-0.2, -0.15) is 4.57 Å². The number of benzene rings is 3. The molecule has 0 aliphatic heterocycles. The quantitative estimate of drug-likeness (QED) is 0.348. The van der Waals surface area contributed by atoms with E-state index < -0.39 is 0 Å². The third kappa shape index (κ3) is 3.52. The first-order valence-corrected chi connectivity index (χ1v) is 9.37. The normalized spacial score (nSPS) is 10.8. The van der Waals surface area contributed by atoms with E-state index in [1.807, 2.05) is 90.4 Å². The number of ketones is 1. The summed E-state index contributed by atoms with van der Waals surface area (Å²) in [5.41, 5.74) is 3.93. The lowest BCUT2D eigenvalue weighted by atomic mass is 10.1. The lowest BCUT2D eigenvalue weighted by molar-refractivity contribution is -0.661. The van der Waals surface area contributed by atoms with Gasteiger partial charge in [0.2, 0.25) is 17.8 Å². The van der Waals surface area contributed by atoms with Gasteiger partial charge in [-0.15, -0.1) is 0 Å². The average Bonchev–Trinajstić information content (AvgIpc) is 2.73. The summed E-state index contributed by atoms with van der Waals surface area (Å²) in [5, 5.41) is 1.07. The maximum atomic E-state index is 12.9. The molecule has 3 heteroatoms. The van der Waals surface area contributed by atoms with Gasteiger partial charge in [0.25, 0.3) is 0 Å². The summed E-state index contributed by atoms with van der Waals surface area (Å²) < 4.78 is 8.23. The van der Waals surface area contributed by atoms with E-state index in [4.69, 9.17) is 4.74 Å². The highest BCUT2D eigenvalue weighted by Gasteiger charge is 2.22. The molecule has 0 aliphatic rings. The summed E-state index contributed by atoms with van der Waals surface area (Å²) in [6.45, 7) is 4.33. The van der Waals surface area contributed by atoms with E-state index in [0.29, 0.717) is 11.4 Å². The highest BCUT2D eigenvalue weighted by atomic mass is 16.5. The third-order valence-corrected chi connectivity index (χ3v) is 5.07. The average molecular weight is 368 g/mol. The van der Waals surface area contributed by atoms with E-state index in [2.05, 4.69) is 13.0 Å². The Morgan fingerprint density at radius 2 is 1.57 bits per heavy atom. The Hall–Kier alpha value is -3.46. The first-order chi connectivity index (χ1) is 13.6. The molecule has 0 atom stereocenters. The van der Waals surface area contributed by atoms with Crippen molar-refractivity contribution in [2.45, 2.75) is 20.4 Å². The smallest absolute Gasteiger partial charge is 0.374 e. The minimum absolute atomic E-state index is 0.0489. The van der Waals surface area contributed by atoms with Gasteiger partial charge in [0, 0.05) is 17.0 Å². The van der Waals surface area contributed by atoms with Gasteiger partial charge >= 0.3 is 5.88 Å². The Bertz CT molecular complexity index is 1150. The summed E-state index contributed by atoms with van der Waals surface area (Å²) in [5.74, 6) is 1.50. The first kappa shape index (κ1) is 17.9. The molecule has 0 radical (unpaired) electrons. The fourth-order valence-corrected chi connectivity index (χ4v) is 3.30. The van der Waals surface area contributed by atoms with Crippen LogP contribution in [-0.2, 0) is 6.54 Å². The Morgan fingerprint density at radius 3 is 2.39 bits per heavy atom. The highest BCUT2D eigenvalue weighted by Crippen LogP contribution is 2.26. The SMILES string of the molecule is Cc1cccc(Oc2ccc3ccccc3[n+]2CC(=O)c2ccccc2)c1C. The molecule has 4 aromatic rings. The first-order valence-electron chi connectivity index (χ1n) is 9.37. The number of aryl methyl sites for hydroxylation is 1. The molecule has 28 heavy (non-hydrogen) atoms. The van der Waals surface area contributed by atoms with Crippen molar-refractivity contribution in [3.05, 3.63) is 102 Å². The van der Waals surface area contributed by atoms with E-state index in [0.717, 1.165) is 22.2 Å². The van der Waals surface area contributed by atoms with Crippen LogP contribution in [0, 0.1) is 13.8 Å². The maximum absolute atomic E-state index is 12.9. The Morgan fingerprint density at radius 1 is 0.821 bits per heavy atom. The Labute approximate surface area is 164 Å². The minimum atomic E-state index is 0.0489. The van der Waals surface area contributed by atoms with Crippen LogP contribution in [0.1, 0.15) is 21.5 Å². The summed E-state index contributed by atoms with van der Waals surface area (Å²) >= 11 is 0. The van der Waals surface area contributed by atoms with Crippen molar-refractivity contribution < 1.29 is 14.1 Å². The van der Waals surface area contributed by atoms with Crippen LogP contribution in [-0.4, -0.2) is 5.78 Å². The molecule has 0 amide bonds. The molecule has 0 N–H and O–H groups in total. The van der Waals surface area contributed by atoms with Gasteiger partial charge in [-0.3, -0.25) is 4.79 Å². The monoisotopic (exact) mass is 368 g/mol. The minimum Gasteiger partial charge on any atom is -0.405 e. The van der Waals surface area contributed by atoms with Gasteiger partial charge in [0.1, 0.15) is 5.75 Å². The molecule has 3 nitrogen and oxygen atoms in total. The predicted octanol–water partition coefficient (Wildman–Crippen LogP) is 5.42. The summed E-state index contributed by atoms with van der Waals surface area (Å²) in [7, 11) is 0. The number of carbonyl (C=O) groups excluding carboxylic acids is 1. The molecule has 0 bridgehead atoms. The summed E-state index contributed by atoms with van der Waals surface area (Å²) in [4.78, 5) is 12.9. The molecular weight excluding hydrogens is 346 g/mol. The zero-order valence-corrected chi connectivity index (χ0v) is 16.1. The number of pyridine rings is 1. The van der Waals surface area contributed by atoms with Gasteiger partial charge in [-0.05, 0) is 43.2 Å². The number of fused-ring (bicyclic) bond motifs is 1. The van der Waals surface area contributed by atoms with E-state index in [1.165, 1.54) is 5.56 Å². The summed E-state index contributed by atoms with van der Waals surface area (Å²) in [6.07, 6.45) is 0. The Balaban J connectivity index is 1.79. The second-order valence-electron chi connectivity index (χ2n) is 6.91. The number of Topliss-reactive ketones (excluding diaryl/α,β-unsaturated/α-hetero) is 1. The third-order valence-electron chi connectivity index (χ3n) is 5.07. The fraction of sp³-hybridized carbons (Fsp3) is 0.120. The van der Waals surface area contributed by atoms with Crippen LogP contribution in [0.15, 0.2) is 84.9 Å². The van der Waals surface area contributed by atoms with Gasteiger partial charge in [0.15, 0.2) is 0 Å². The maximum Gasteiger partial charge on any atom is 0.374 e. The fourth-order valence-electron chi connectivity index (χ4n) is 3.30. The zero-order chi connectivity index (χ0) is 19.5. The molecule has 1 heterocycles. The van der Waals surface area contributed by atoms with Gasteiger partial charge in [-0.25, -0.2) is 0 Å². The molecule has 0 spiro atoms. The van der Waals surface area contributed by atoms with Crippen LogP contribution in [0.5, 0.6) is 11.6 Å². The molecule has 0 fully saturated rings. The van der Waals surface area contributed by atoms with E-state index in [9.17, 15) is 4.79 Å². The van der Waals surface area contributed by atoms with Crippen LogP contribution in [0.3, 0.4) is 0 Å². The molecule has 0 aliphatic carbocycles. The van der Waals surface area contributed by atoms with E-state index >= 15 is 0 Å². The molecule has 138 valence electrons. The second kappa shape index (κ2) is 7.65. The number of hydrogen-bond acceptors (Lipinski definition) is 2. The van der Waals surface area contributed by atoms with Crippen molar-refractivity contribution in [2.24, 2.45) is 0 Å². The lowest BCUT2D eigenvalue weighted by Crippen LogP contribution is -2.40. The van der Waals surface area contributed by atoms with Gasteiger partial charge < -0.3 is 4.74 Å². The van der Waals surface area contributed by atoms with Crippen LogP contribution in [0.25, 0.3) is 10.9 Å². The topological polar surface area (TPSA) is 30.2 Å². The van der Waals surface area contributed by atoms with Crippen LogP contribution < -0.4 is 9.30 Å². The largest absolute Gasteiger partial charge is 0.405 e. The van der Waals surface area contributed by atoms with Gasteiger partial charge in [0.05, 0.1) is 6.07 Å². The van der Waals surface area contributed by atoms with Crippen molar-refractivity contribution in [3.8, 4) is 11.6 Å².